The third kappa shape index (κ3) is 2.30. The molecule has 1 radical (unpaired) electrons. The number of hydrogen-bond donors (Lipinski definition) is 2. The van der Waals surface area contributed by atoms with E-state index in [0.29, 0.717) is 6.04 Å². The van der Waals surface area contributed by atoms with Gasteiger partial charge in [-0.1, -0.05) is 0 Å². The molecule has 3 heteroatoms. The molecule has 0 bridgehead atoms. The van der Waals surface area contributed by atoms with E-state index in [4.69, 9.17) is 5.73 Å². The Morgan fingerprint density at radius 1 is 1.67 bits per heavy atom. The predicted octanol–water partition coefficient (Wildman–Crippen LogP) is -0.393. The summed E-state index contributed by atoms with van der Waals surface area (Å²) in [7, 11) is 0. The zero-order valence-electron chi connectivity index (χ0n) is 5.64. The summed E-state index contributed by atoms with van der Waals surface area (Å²) in [6.07, 6.45) is 3.49. The Balaban J connectivity index is 2.08. The van der Waals surface area contributed by atoms with Gasteiger partial charge in [0.25, 0.3) is 0 Å². The maximum atomic E-state index is 5.37. The molecule has 0 aromatic carbocycles. The van der Waals surface area contributed by atoms with Crippen LogP contribution in [0.15, 0.2) is 0 Å². The summed E-state index contributed by atoms with van der Waals surface area (Å²) in [6, 6.07) is 0.490. The fraction of sp³-hybridized carbons (Fsp3) is 1.00. The van der Waals surface area contributed by atoms with Crippen LogP contribution in [0.1, 0.15) is 19.3 Å². The van der Waals surface area contributed by atoms with E-state index in [-0.39, 0.29) is 0 Å². The predicted molar refractivity (Wildman–Crippen MR) is 36.8 cm³/mol. The van der Waals surface area contributed by atoms with Gasteiger partial charge in [0.15, 0.2) is 0 Å². The molecule has 1 aliphatic heterocycles. The van der Waals surface area contributed by atoms with E-state index < -0.39 is 0 Å². The first-order chi connectivity index (χ1) is 4.43. The van der Waals surface area contributed by atoms with Gasteiger partial charge in [0.05, 0.1) is 0 Å². The van der Waals surface area contributed by atoms with Gasteiger partial charge in [-0.3, -0.25) is 0 Å². The number of nitrogens with two attached hydrogens (primary N) is 1. The van der Waals surface area contributed by atoms with Gasteiger partial charge >= 0.3 is 0 Å². The second kappa shape index (κ2) is 3.82. The molecule has 1 aliphatic rings. The maximum absolute atomic E-state index is 5.37. The first-order valence-corrected chi connectivity index (χ1v) is 3.56. The lowest BCUT2D eigenvalue weighted by molar-refractivity contribution is 0.323. The summed E-state index contributed by atoms with van der Waals surface area (Å²) in [5.74, 6) is 0. The van der Waals surface area contributed by atoms with Gasteiger partial charge in [-0.25, -0.2) is 5.43 Å². The van der Waals surface area contributed by atoms with Crippen LogP contribution in [0.5, 0.6) is 0 Å². The first-order valence-electron chi connectivity index (χ1n) is 3.56. The van der Waals surface area contributed by atoms with Crippen molar-refractivity contribution in [3.63, 3.8) is 0 Å². The van der Waals surface area contributed by atoms with Gasteiger partial charge in [-0.15, -0.1) is 0 Å². The van der Waals surface area contributed by atoms with E-state index in [9.17, 15) is 0 Å². The standard InChI is InChI=1S/C6H14N3/c7-4-3-6-2-1-5-8-9-6/h6,8H,1-5,7H2. The average Bonchev–Trinajstić information content (AvgIpc) is 1.91. The number of nitrogens with one attached hydrogen (secondary N) is 1. The van der Waals surface area contributed by atoms with Gasteiger partial charge in [0.1, 0.15) is 0 Å². The molecule has 1 atom stereocenters. The molecular formula is C6H14N3. The molecule has 9 heavy (non-hydrogen) atoms. The number of nitrogens with zero attached hydrogens (tertiary/aromatic N) is 1. The zero-order valence-corrected chi connectivity index (χ0v) is 5.64. The lowest BCUT2D eigenvalue weighted by atomic mass is 10.1. The molecule has 3 N–H and O–H groups in total. The minimum absolute atomic E-state index is 0.490. The highest BCUT2D eigenvalue weighted by Gasteiger charge is 2.11. The molecule has 1 unspecified atom stereocenters. The Bertz CT molecular complexity index is 65.9. The van der Waals surface area contributed by atoms with Crippen molar-refractivity contribution in [1.82, 2.24) is 10.9 Å². The Hall–Kier alpha value is -0.120. The third-order valence-electron chi connectivity index (χ3n) is 1.60. The van der Waals surface area contributed by atoms with Crippen molar-refractivity contribution in [3.05, 3.63) is 0 Å². The number of hydrogen-bond acceptors (Lipinski definition) is 2. The molecule has 0 aliphatic carbocycles. The summed E-state index contributed by atoms with van der Waals surface area (Å²) in [4.78, 5) is 0. The molecule has 1 rings (SSSR count). The van der Waals surface area contributed by atoms with Crippen molar-refractivity contribution >= 4 is 0 Å². The van der Waals surface area contributed by atoms with Crippen LogP contribution in [0, 0.1) is 0 Å². The average molecular weight is 128 g/mol. The summed E-state index contributed by atoms with van der Waals surface area (Å²) in [5, 5.41) is 0. The highest BCUT2D eigenvalue weighted by molar-refractivity contribution is 4.68. The fourth-order valence-corrected chi connectivity index (χ4v) is 1.08. The molecule has 0 amide bonds. The largest absolute Gasteiger partial charge is 0.330 e. The van der Waals surface area contributed by atoms with Crippen LogP contribution in [0.3, 0.4) is 0 Å². The smallest absolute Gasteiger partial charge is 0.0428 e. The van der Waals surface area contributed by atoms with Crippen LogP contribution in [-0.4, -0.2) is 19.1 Å². The Morgan fingerprint density at radius 2 is 2.56 bits per heavy atom. The normalized spacial score (nSPS) is 28.3. The van der Waals surface area contributed by atoms with E-state index in [1.165, 1.54) is 12.8 Å². The van der Waals surface area contributed by atoms with Crippen LogP contribution < -0.4 is 16.6 Å². The first kappa shape index (κ1) is 6.99. The van der Waals surface area contributed by atoms with E-state index in [2.05, 4.69) is 10.9 Å². The molecular weight excluding hydrogens is 114 g/mol. The van der Waals surface area contributed by atoms with Gasteiger partial charge in [0, 0.05) is 12.6 Å². The van der Waals surface area contributed by atoms with Gasteiger partial charge in [0.2, 0.25) is 0 Å². The topological polar surface area (TPSA) is 52.1 Å². The van der Waals surface area contributed by atoms with Gasteiger partial charge in [-0.05, 0) is 25.8 Å². The van der Waals surface area contributed by atoms with Crippen molar-refractivity contribution in [3.8, 4) is 0 Å². The van der Waals surface area contributed by atoms with Crippen LogP contribution >= 0.6 is 0 Å². The summed E-state index contributed by atoms with van der Waals surface area (Å²) in [6.45, 7) is 1.80. The fourth-order valence-electron chi connectivity index (χ4n) is 1.08. The summed E-state index contributed by atoms with van der Waals surface area (Å²) in [5.41, 5.74) is 12.5. The molecule has 0 aromatic rings. The van der Waals surface area contributed by atoms with Crippen LogP contribution in [0.2, 0.25) is 0 Å². The molecule has 0 aromatic heterocycles. The van der Waals surface area contributed by atoms with E-state index >= 15 is 0 Å². The SMILES string of the molecule is NCCC1CCCN[N]1. The number of rotatable bonds is 2. The zero-order chi connectivity index (χ0) is 6.53. The van der Waals surface area contributed by atoms with Crippen molar-refractivity contribution in [2.24, 2.45) is 5.73 Å². The minimum atomic E-state index is 0.490. The van der Waals surface area contributed by atoms with E-state index in [1.807, 2.05) is 0 Å². The Kier molecular flexibility index (Phi) is 2.97. The van der Waals surface area contributed by atoms with Crippen molar-refractivity contribution in [2.45, 2.75) is 25.3 Å². The molecule has 1 saturated heterocycles. The van der Waals surface area contributed by atoms with Crippen LogP contribution in [0.4, 0.5) is 0 Å². The highest BCUT2D eigenvalue weighted by atomic mass is 15.4. The van der Waals surface area contributed by atoms with E-state index in [0.717, 1.165) is 19.5 Å². The van der Waals surface area contributed by atoms with Crippen molar-refractivity contribution < 1.29 is 0 Å². The quantitative estimate of drug-likeness (QED) is 0.532. The Morgan fingerprint density at radius 3 is 3.11 bits per heavy atom. The molecule has 1 heterocycles. The van der Waals surface area contributed by atoms with Crippen molar-refractivity contribution in [1.29, 1.82) is 0 Å². The molecule has 3 nitrogen and oxygen atoms in total. The lowest BCUT2D eigenvalue weighted by Gasteiger charge is -2.20. The minimum Gasteiger partial charge on any atom is -0.330 e. The second-order valence-corrected chi connectivity index (χ2v) is 2.41. The Labute approximate surface area is 56.0 Å². The summed E-state index contributed by atoms with van der Waals surface area (Å²) < 4.78 is 0. The lowest BCUT2D eigenvalue weighted by Crippen LogP contribution is -2.40. The summed E-state index contributed by atoms with van der Waals surface area (Å²) >= 11 is 0. The van der Waals surface area contributed by atoms with Crippen molar-refractivity contribution in [2.75, 3.05) is 13.1 Å². The molecule has 1 fully saturated rings. The maximum Gasteiger partial charge on any atom is 0.0428 e. The molecule has 0 spiro atoms. The monoisotopic (exact) mass is 128 g/mol. The van der Waals surface area contributed by atoms with Crippen LogP contribution in [0.25, 0.3) is 0 Å². The molecule has 0 saturated carbocycles. The van der Waals surface area contributed by atoms with E-state index in [1.54, 1.807) is 0 Å². The molecule has 53 valence electrons. The van der Waals surface area contributed by atoms with Crippen LogP contribution in [-0.2, 0) is 0 Å². The second-order valence-electron chi connectivity index (χ2n) is 2.41. The van der Waals surface area contributed by atoms with Gasteiger partial charge < -0.3 is 5.73 Å². The van der Waals surface area contributed by atoms with Gasteiger partial charge in [-0.2, -0.15) is 5.43 Å². The third-order valence-corrected chi connectivity index (χ3v) is 1.60. The highest BCUT2D eigenvalue weighted by Crippen LogP contribution is 2.03.